The number of halogens is 1. The second kappa shape index (κ2) is 6.68. The van der Waals surface area contributed by atoms with Crippen LogP contribution in [0.2, 0.25) is 0 Å². The van der Waals surface area contributed by atoms with Crippen LogP contribution in [0.15, 0.2) is 77.3 Å². The van der Waals surface area contributed by atoms with Gasteiger partial charge >= 0.3 is 0 Å². The van der Waals surface area contributed by atoms with Crippen molar-refractivity contribution in [2.24, 2.45) is 0 Å². The van der Waals surface area contributed by atoms with E-state index in [1.807, 2.05) is 0 Å². The molecule has 2 nitrogen and oxygen atoms in total. The van der Waals surface area contributed by atoms with E-state index >= 15 is 0 Å². The van der Waals surface area contributed by atoms with Crippen LogP contribution in [0.5, 0.6) is 0 Å². The molecular weight excluding hydrogens is 408 g/mol. The quantitative estimate of drug-likeness (QED) is 0.304. The Hall–Kier alpha value is -2.78. The highest BCUT2D eigenvalue weighted by Gasteiger charge is 2.27. The Balaban J connectivity index is 1.88. The van der Waals surface area contributed by atoms with Crippen molar-refractivity contribution in [1.82, 2.24) is 9.97 Å². The molecule has 0 spiro atoms. The first-order valence-corrected chi connectivity index (χ1v) is 10.3. The van der Waals surface area contributed by atoms with Gasteiger partial charge in [0.25, 0.3) is 0 Å². The molecule has 3 heteroatoms. The lowest BCUT2D eigenvalue weighted by Crippen LogP contribution is -2.06. The van der Waals surface area contributed by atoms with Crippen molar-refractivity contribution < 1.29 is 0 Å². The molecule has 0 aliphatic carbocycles. The summed E-state index contributed by atoms with van der Waals surface area (Å²) >= 11 is 3.68. The summed E-state index contributed by atoms with van der Waals surface area (Å²) in [4.78, 5) is 7.20. The van der Waals surface area contributed by atoms with E-state index in [0.717, 1.165) is 4.47 Å². The molecule has 5 aromatic rings. The van der Waals surface area contributed by atoms with E-state index in [9.17, 15) is 0 Å². The van der Waals surface area contributed by atoms with Crippen LogP contribution >= 0.6 is 15.9 Å². The van der Waals surface area contributed by atoms with Crippen LogP contribution < -0.4 is 0 Å². The summed E-state index contributed by atoms with van der Waals surface area (Å²) in [5.41, 5.74) is 8.80. The Morgan fingerprint density at radius 2 is 1.21 bits per heavy atom. The number of benzene rings is 3. The third-order valence-electron chi connectivity index (χ3n) is 5.65. The van der Waals surface area contributed by atoms with Crippen molar-refractivity contribution in [3.8, 4) is 0 Å². The minimum absolute atomic E-state index is 0.143. The molecule has 2 aromatic heterocycles. The standard InChI is InChI=1S/C25H21BrN2/c1-15-23(19-10-3-5-12-21(19)27-15)25(17-8-7-9-18(26)14-17)24-16(2)28-22-13-6-4-11-20(22)24/h3-14,25,27-28H,1-2H3. The predicted octanol–water partition coefficient (Wildman–Crippen LogP) is 7.21. The molecule has 0 bridgehead atoms. The van der Waals surface area contributed by atoms with E-state index in [4.69, 9.17) is 0 Å². The monoisotopic (exact) mass is 428 g/mol. The molecule has 0 saturated carbocycles. The van der Waals surface area contributed by atoms with Crippen LogP contribution in [-0.4, -0.2) is 9.97 Å². The van der Waals surface area contributed by atoms with Gasteiger partial charge in [-0.3, -0.25) is 0 Å². The van der Waals surface area contributed by atoms with E-state index in [2.05, 4.69) is 113 Å². The Kier molecular flexibility index (Phi) is 4.13. The topological polar surface area (TPSA) is 31.6 Å². The second-order valence-corrected chi connectivity index (χ2v) is 8.32. The molecule has 0 unspecified atom stereocenters. The van der Waals surface area contributed by atoms with Crippen LogP contribution in [0.25, 0.3) is 21.8 Å². The first kappa shape index (κ1) is 17.3. The summed E-state index contributed by atoms with van der Waals surface area (Å²) in [6, 6.07) is 25.9. The van der Waals surface area contributed by atoms with E-state index in [1.54, 1.807) is 0 Å². The van der Waals surface area contributed by atoms with E-state index in [-0.39, 0.29) is 5.92 Å². The zero-order valence-electron chi connectivity index (χ0n) is 15.9. The van der Waals surface area contributed by atoms with Gasteiger partial charge in [0.2, 0.25) is 0 Å². The molecule has 0 saturated heterocycles. The fourth-order valence-electron chi connectivity index (χ4n) is 4.50. The number of fused-ring (bicyclic) bond motifs is 2. The number of para-hydroxylation sites is 2. The molecule has 0 fully saturated rings. The van der Waals surface area contributed by atoms with Crippen molar-refractivity contribution in [2.45, 2.75) is 19.8 Å². The van der Waals surface area contributed by atoms with Crippen LogP contribution in [0.4, 0.5) is 0 Å². The normalized spacial score (nSPS) is 11.7. The van der Waals surface area contributed by atoms with Gasteiger partial charge in [0, 0.05) is 43.6 Å². The van der Waals surface area contributed by atoms with Crippen LogP contribution in [-0.2, 0) is 0 Å². The number of nitrogens with one attached hydrogen (secondary N) is 2. The van der Waals surface area contributed by atoms with Crippen LogP contribution in [0.1, 0.15) is 34.0 Å². The molecule has 0 aliphatic heterocycles. The van der Waals surface area contributed by atoms with Crippen molar-refractivity contribution >= 4 is 37.7 Å². The van der Waals surface area contributed by atoms with Crippen LogP contribution in [0.3, 0.4) is 0 Å². The summed E-state index contributed by atoms with van der Waals surface area (Å²) in [5, 5.41) is 2.57. The number of aromatic amines is 2. The SMILES string of the molecule is Cc1[nH]c2ccccc2c1C(c1cccc(Br)c1)c1c(C)[nH]c2ccccc12. The maximum Gasteiger partial charge on any atom is 0.0459 e. The van der Waals surface area contributed by atoms with Crippen molar-refractivity contribution in [3.05, 3.63) is 105 Å². The van der Waals surface area contributed by atoms with Gasteiger partial charge in [-0.05, 0) is 54.8 Å². The Morgan fingerprint density at radius 1 is 0.679 bits per heavy atom. The molecule has 28 heavy (non-hydrogen) atoms. The molecular formula is C25H21BrN2. The minimum atomic E-state index is 0.143. The third-order valence-corrected chi connectivity index (χ3v) is 6.14. The highest BCUT2D eigenvalue weighted by Crippen LogP contribution is 2.42. The highest BCUT2D eigenvalue weighted by molar-refractivity contribution is 9.10. The molecule has 0 radical (unpaired) electrons. The van der Waals surface area contributed by atoms with Crippen molar-refractivity contribution in [1.29, 1.82) is 0 Å². The number of aryl methyl sites for hydroxylation is 2. The number of rotatable bonds is 3. The van der Waals surface area contributed by atoms with E-state index < -0.39 is 0 Å². The van der Waals surface area contributed by atoms with Gasteiger partial charge in [0.1, 0.15) is 0 Å². The first-order chi connectivity index (χ1) is 13.6. The van der Waals surface area contributed by atoms with Gasteiger partial charge in [0.15, 0.2) is 0 Å². The Morgan fingerprint density at radius 3 is 1.75 bits per heavy atom. The average Bonchev–Trinajstić information content (AvgIpc) is 3.19. The third kappa shape index (κ3) is 2.70. The summed E-state index contributed by atoms with van der Waals surface area (Å²) in [6.45, 7) is 4.37. The summed E-state index contributed by atoms with van der Waals surface area (Å²) in [5.74, 6) is 0.143. The zero-order valence-corrected chi connectivity index (χ0v) is 17.5. The Bertz CT molecular complexity index is 1230. The highest BCUT2D eigenvalue weighted by atomic mass is 79.9. The van der Waals surface area contributed by atoms with E-state index in [0.29, 0.717) is 0 Å². The van der Waals surface area contributed by atoms with Gasteiger partial charge in [0.05, 0.1) is 0 Å². The molecule has 3 aromatic carbocycles. The summed E-state index contributed by atoms with van der Waals surface area (Å²) in [6.07, 6.45) is 0. The number of hydrogen-bond acceptors (Lipinski definition) is 0. The molecule has 138 valence electrons. The number of hydrogen-bond donors (Lipinski definition) is 2. The molecule has 5 rings (SSSR count). The van der Waals surface area contributed by atoms with Gasteiger partial charge in [-0.25, -0.2) is 0 Å². The summed E-state index contributed by atoms with van der Waals surface area (Å²) < 4.78 is 1.10. The van der Waals surface area contributed by atoms with Crippen molar-refractivity contribution in [3.63, 3.8) is 0 Å². The zero-order chi connectivity index (χ0) is 19.3. The summed E-state index contributed by atoms with van der Waals surface area (Å²) in [7, 11) is 0. The maximum absolute atomic E-state index is 3.68. The lowest BCUT2D eigenvalue weighted by atomic mass is 9.82. The molecule has 0 atom stereocenters. The number of aromatic nitrogens is 2. The lowest BCUT2D eigenvalue weighted by molar-refractivity contribution is 0.960. The molecule has 2 N–H and O–H groups in total. The smallest absolute Gasteiger partial charge is 0.0459 e. The number of H-pyrrole nitrogens is 2. The van der Waals surface area contributed by atoms with Gasteiger partial charge in [-0.1, -0.05) is 64.5 Å². The second-order valence-electron chi connectivity index (χ2n) is 7.41. The van der Waals surface area contributed by atoms with Gasteiger partial charge in [-0.15, -0.1) is 0 Å². The van der Waals surface area contributed by atoms with Crippen LogP contribution in [0, 0.1) is 13.8 Å². The lowest BCUT2D eigenvalue weighted by Gasteiger charge is -2.20. The fraction of sp³-hybridized carbons (Fsp3) is 0.120. The average molecular weight is 429 g/mol. The first-order valence-electron chi connectivity index (χ1n) is 9.53. The molecule has 0 amide bonds. The van der Waals surface area contributed by atoms with Gasteiger partial charge < -0.3 is 9.97 Å². The molecule has 2 heterocycles. The van der Waals surface area contributed by atoms with Gasteiger partial charge in [-0.2, -0.15) is 0 Å². The predicted molar refractivity (Wildman–Crippen MR) is 121 cm³/mol. The maximum atomic E-state index is 3.68. The molecule has 0 aliphatic rings. The minimum Gasteiger partial charge on any atom is -0.358 e. The Labute approximate surface area is 172 Å². The van der Waals surface area contributed by atoms with E-state index in [1.165, 1.54) is 49.9 Å². The van der Waals surface area contributed by atoms with Crippen molar-refractivity contribution in [2.75, 3.05) is 0 Å². The largest absolute Gasteiger partial charge is 0.358 e. The fourth-order valence-corrected chi connectivity index (χ4v) is 4.92.